The van der Waals surface area contributed by atoms with E-state index in [9.17, 15) is 9.59 Å². The Labute approximate surface area is 180 Å². The highest BCUT2D eigenvalue weighted by Gasteiger charge is 2.37. The zero-order valence-corrected chi connectivity index (χ0v) is 18.8. The molecule has 1 amide bonds. The molecule has 0 unspecified atom stereocenters. The molecule has 1 atom stereocenters. The van der Waals surface area contributed by atoms with Crippen LogP contribution in [-0.4, -0.2) is 37.4 Å². The van der Waals surface area contributed by atoms with Crippen LogP contribution in [0.1, 0.15) is 58.9 Å². The third-order valence-electron chi connectivity index (χ3n) is 5.29. The van der Waals surface area contributed by atoms with Crippen molar-refractivity contribution in [3.63, 3.8) is 0 Å². The summed E-state index contributed by atoms with van der Waals surface area (Å²) in [6.45, 7) is 8.34. The molecule has 1 aliphatic carbocycles. The minimum Gasteiger partial charge on any atom is -0.466 e. The average Bonchev–Trinajstić information content (AvgIpc) is 2.64. The van der Waals surface area contributed by atoms with E-state index < -0.39 is 23.7 Å². The molecule has 0 aromatic heterocycles. The van der Waals surface area contributed by atoms with Gasteiger partial charge < -0.3 is 19.5 Å². The number of allylic oxidation sites excluding steroid dienone is 1. The smallest absolute Gasteiger partial charge is 0.408 e. The molecule has 0 saturated heterocycles. The number of methoxy groups -OCH3 is 1. The fourth-order valence-corrected chi connectivity index (χ4v) is 3.51. The van der Waals surface area contributed by atoms with Crippen LogP contribution >= 0.6 is 0 Å². The fourth-order valence-electron chi connectivity index (χ4n) is 3.51. The predicted octanol–water partition coefficient (Wildman–Crippen LogP) is 4.78. The quantitative estimate of drug-likeness (QED) is 0.356. The minimum absolute atomic E-state index is 0.107. The van der Waals surface area contributed by atoms with Gasteiger partial charge in [0.1, 0.15) is 5.60 Å². The van der Waals surface area contributed by atoms with Gasteiger partial charge in [0, 0.05) is 6.61 Å². The van der Waals surface area contributed by atoms with E-state index in [0.717, 1.165) is 31.2 Å². The molecular weight excluding hydrogens is 382 g/mol. The molecule has 6 nitrogen and oxygen atoms in total. The van der Waals surface area contributed by atoms with Crippen molar-refractivity contribution >= 4 is 12.1 Å². The number of rotatable bonds is 9. The van der Waals surface area contributed by atoms with E-state index in [4.69, 9.17) is 14.2 Å². The van der Waals surface area contributed by atoms with E-state index in [1.165, 1.54) is 7.11 Å². The summed E-state index contributed by atoms with van der Waals surface area (Å²) >= 11 is 0. The second-order valence-electron chi connectivity index (χ2n) is 8.96. The first-order valence-corrected chi connectivity index (χ1v) is 10.6. The molecule has 2 rings (SSSR count). The van der Waals surface area contributed by atoms with Crippen LogP contribution in [0.25, 0.3) is 0 Å². The summed E-state index contributed by atoms with van der Waals surface area (Å²) < 4.78 is 16.2. The van der Waals surface area contributed by atoms with Crippen molar-refractivity contribution in [3.8, 4) is 0 Å². The number of ether oxygens (including phenoxy) is 3. The maximum absolute atomic E-state index is 12.4. The first kappa shape index (κ1) is 23.9. The number of carbonyl (C=O) groups is 2. The van der Waals surface area contributed by atoms with Gasteiger partial charge in [0.25, 0.3) is 0 Å². The van der Waals surface area contributed by atoms with Crippen LogP contribution in [0.15, 0.2) is 42.0 Å². The monoisotopic (exact) mass is 417 g/mol. The van der Waals surface area contributed by atoms with Gasteiger partial charge in [-0.05, 0) is 57.9 Å². The van der Waals surface area contributed by atoms with Gasteiger partial charge in [-0.2, -0.15) is 0 Å². The minimum atomic E-state index is -0.607. The first-order chi connectivity index (χ1) is 14.1. The Morgan fingerprint density at radius 3 is 2.40 bits per heavy atom. The van der Waals surface area contributed by atoms with Crippen LogP contribution < -0.4 is 5.32 Å². The second kappa shape index (κ2) is 10.6. The Bertz CT molecular complexity index is 732. The van der Waals surface area contributed by atoms with Gasteiger partial charge in [0.05, 0.1) is 25.3 Å². The summed E-state index contributed by atoms with van der Waals surface area (Å²) in [6, 6.07) is 9.54. The Morgan fingerprint density at radius 2 is 1.87 bits per heavy atom. The number of benzene rings is 1. The molecule has 1 N–H and O–H groups in total. The van der Waals surface area contributed by atoms with Crippen LogP contribution in [0.4, 0.5) is 4.79 Å². The molecule has 6 heteroatoms. The van der Waals surface area contributed by atoms with Crippen molar-refractivity contribution < 1.29 is 23.8 Å². The van der Waals surface area contributed by atoms with E-state index in [2.05, 4.69) is 5.32 Å². The lowest BCUT2D eigenvalue weighted by Gasteiger charge is -2.40. The molecule has 0 bridgehead atoms. The van der Waals surface area contributed by atoms with Gasteiger partial charge in [-0.1, -0.05) is 42.8 Å². The van der Waals surface area contributed by atoms with Crippen LogP contribution in [0.5, 0.6) is 0 Å². The van der Waals surface area contributed by atoms with Crippen LogP contribution in [0.2, 0.25) is 0 Å². The Kier molecular flexibility index (Phi) is 8.47. The van der Waals surface area contributed by atoms with Crippen molar-refractivity contribution in [2.75, 3.05) is 13.7 Å². The molecule has 1 aliphatic rings. The lowest BCUT2D eigenvalue weighted by atomic mass is 9.65. The SMILES string of the molecule is COC(=O)/C(=C\C1(CCOCc2ccccc2)CCC1)[C@@H](C)NC(=O)OC(C)(C)C. The van der Waals surface area contributed by atoms with E-state index in [1.54, 1.807) is 27.7 Å². The molecule has 0 aliphatic heterocycles. The van der Waals surface area contributed by atoms with E-state index >= 15 is 0 Å². The summed E-state index contributed by atoms with van der Waals surface area (Å²) in [7, 11) is 1.35. The Hall–Kier alpha value is -2.34. The Balaban J connectivity index is 2.01. The summed E-state index contributed by atoms with van der Waals surface area (Å²) in [5.74, 6) is -0.435. The van der Waals surface area contributed by atoms with Crippen molar-refractivity contribution in [3.05, 3.63) is 47.5 Å². The number of alkyl carbamates (subject to hydrolysis) is 1. The molecule has 1 saturated carbocycles. The predicted molar refractivity (Wildman–Crippen MR) is 116 cm³/mol. The van der Waals surface area contributed by atoms with E-state index in [-0.39, 0.29) is 5.41 Å². The lowest BCUT2D eigenvalue weighted by molar-refractivity contribution is -0.136. The Morgan fingerprint density at radius 1 is 1.20 bits per heavy atom. The fraction of sp³-hybridized carbons (Fsp3) is 0.583. The molecule has 1 aromatic carbocycles. The van der Waals surface area contributed by atoms with Crippen LogP contribution in [0, 0.1) is 5.41 Å². The van der Waals surface area contributed by atoms with Gasteiger partial charge >= 0.3 is 12.1 Å². The number of carbonyl (C=O) groups excluding carboxylic acids is 2. The first-order valence-electron chi connectivity index (χ1n) is 10.6. The molecule has 1 fully saturated rings. The second-order valence-corrected chi connectivity index (χ2v) is 8.96. The van der Waals surface area contributed by atoms with Crippen molar-refractivity contribution in [2.45, 2.75) is 71.6 Å². The number of hydrogen-bond donors (Lipinski definition) is 1. The summed E-state index contributed by atoms with van der Waals surface area (Å²) in [4.78, 5) is 24.6. The maximum Gasteiger partial charge on any atom is 0.408 e. The summed E-state index contributed by atoms with van der Waals surface area (Å²) in [5, 5.41) is 2.75. The standard InChI is InChI=1S/C24H35NO5/c1-18(25-22(27)30-23(2,3)4)20(21(26)28-5)16-24(12-9-13-24)14-15-29-17-19-10-7-6-8-11-19/h6-8,10-11,16,18H,9,12-15,17H2,1-5H3,(H,25,27)/b20-16-/t18-/m1/s1. The number of esters is 1. The zero-order chi connectivity index (χ0) is 22.2. The van der Waals surface area contributed by atoms with Gasteiger partial charge in [-0.25, -0.2) is 9.59 Å². The van der Waals surface area contributed by atoms with Crippen molar-refractivity contribution in [1.29, 1.82) is 0 Å². The molecule has 30 heavy (non-hydrogen) atoms. The molecule has 0 heterocycles. The van der Waals surface area contributed by atoms with E-state index in [0.29, 0.717) is 18.8 Å². The van der Waals surface area contributed by atoms with Crippen molar-refractivity contribution in [2.24, 2.45) is 5.41 Å². The average molecular weight is 418 g/mol. The maximum atomic E-state index is 12.4. The molecule has 0 spiro atoms. The van der Waals surface area contributed by atoms with Gasteiger partial charge in [0.15, 0.2) is 0 Å². The zero-order valence-electron chi connectivity index (χ0n) is 18.8. The summed E-state index contributed by atoms with van der Waals surface area (Å²) in [5.41, 5.74) is 0.876. The highest BCUT2D eigenvalue weighted by molar-refractivity contribution is 5.90. The normalized spacial score (nSPS) is 16.9. The van der Waals surface area contributed by atoms with Crippen LogP contribution in [0.3, 0.4) is 0 Å². The molecule has 1 aromatic rings. The van der Waals surface area contributed by atoms with Crippen LogP contribution in [-0.2, 0) is 25.6 Å². The lowest BCUT2D eigenvalue weighted by Crippen LogP contribution is -2.41. The topological polar surface area (TPSA) is 73.9 Å². The number of amides is 1. The number of hydrogen-bond acceptors (Lipinski definition) is 5. The summed E-state index contributed by atoms with van der Waals surface area (Å²) in [6.07, 6.45) is 5.33. The van der Waals surface area contributed by atoms with Gasteiger partial charge in [0.2, 0.25) is 0 Å². The molecule has 0 radical (unpaired) electrons. The molecular formula is C24H35NO5. The highest BCUT2D eigenvalue weighted by Crippen LogP contribution is 2.46. The van der Waals surface area contributed by atoms with E-state index in [1.807, 2.05) is 36.4 Å². The highest BCUT2D eigenvalue weighted by atomic mass is 16.6. The third kappa shape index (κ3) is 7.48. The number of nitrogens with one attached hydrogen (secondary N) is 1. The largest absolute Gasteiger partial charge is 0.466 e. The van der Waals surface area contributed by atoms with Gasteiger partial charge in [-0.15, -0.1) is 0 Å². The van der Waals surface area contributed by atoms with Gasteiger partial charge in [-0.3, -0.25) is 0 Å². The third-order valence-corrected chi connectivity index (χ3v) is 5.29. The molecule has 166 valence electrons. The van der Waals surface area contributed by atoms with Crippen molar-refractivity contribution in [1.82, 2.24) is 5.32 Å².